The number of hydrogen-bond acceptors (Lipinski definition) is 5. The van der Waals surface area contributed by atoms with Crippen molar-refractivity contribution in [1.82, 2.24) is 24.9 Å². The molecule has 2 aromatic heterocycles. The maximum Gasteiger partial charge on any atom is 0.252 e. The van der Waals surface area contributed by atoms with Gasteiger partial charge in [0.25, 0.3) is 5.91 Å². The molecule has 0 radical (unpaired) electrons. The third kappa shape index (κ3) is 4.98. The lowest BCUT2D eigenvalue weighted by atomic mass is 9.91. The van der Waals surface area contributed by atoms with E-state index < -0.39 is 0 Å². The fourth-order valence-electron chi connectivity index (χ4n) is 4.34. The van der Waals surface area contributed by atoms with Crippen LogP contribution in [0.1, 0.15) is 49.4 Å². The van der Waals surface area contributed by atoms with Gasteiger partial charge < -0.3 is 19.9 Å². The predicted octanol–water partition coefficient (Wildman–Crippen LogP) is 2.52. The molecule has 30 heavy (non-hydrogen) atoms. The summed E-state index contributed by atoms with van der Waals surface area (Å²) in [5, 5.41) is 6.44. The number of pyridine rings is 1. The standard InChI is InChI=1S/C22H31N5O2S/c1-16-20(30-15-25-16)22(29)26-11-7-17(8-12-26)4-2-3-9-24-21(28)18-5-6-19-23-10-13-27(19)14-18/h5-6,10,13-14,16-17,20,25H,2-4,7-9,11-12,15H2,1H3,(H,24,28). The third-order valence-corrected chi connectivity index (χ3v) is 7.57. The summed E-state index contributed by atoms with van der Waals surface area (Å²) in [5.74, 6) is 1.85. The molecule has 2 fully saturated rings. The van der Waals surface area contributed by atoms with E-state index >= 15 is 0 Å². The fourth-order valence-corrected chi connectivity index (χ4v) is 5.56. The van der Waals surface area contributed by atoms with Gasteiger partial charge >= 0.3 is 0 Å². The zero-order chi connectivity index (χ0) is 20.9. The molecule has 2 atom stereocenters. The summed E-state index contributed by atoms with van der Waals surface area (Å²) in [6.07, 6.45) is 10.9. The van der Waals surface area contributed by atoms with Crippen LogP contribution >= 0.6 is 11.8 Å². The number of piperidine rings is 1. The summed E-state index contributed by atoms with van der Waals surface area (Å²) in [5.41, 5.74) is 1.50. The predicted molar refractivity (Wildman–Crippen MR) is 120 cm³/mol. The lowest BCUT2D eigenvalue weighted by molar-refractivity contribution is -0.132. The van der Waals surface area contributed by atoms with E-state index in [0.29, 0.717) is 23.9 Å². The summed E-state index contributed by atoms with van der Waals surface area (Å²) in [7, 11) is 0. The molecule has 0 spiro atoms. The number of nitrogens with one attached hydrogen (secondary N) is 2. The number of thioether (sulfide) groups is 1. The number of likely N-dealkylation sites (tertiary alicyclic amines) is 1. The first-order chi connectivity index (χ1) is 14.6. The van der Waals surface area contributed by atoms with E-state index in [9.17, 15) is 9.59 Å². The van der Waals surface area contributed by atoms with E-state index in [0.717, 1.165) is 50.3 Å². The van der Waals surface area contributed by atoms with Crippen LogP contribution < -0.4 is 10.6 Å². The van der Waals surface area contributed by atoms with Crippen molar-refractivity contribution in [3.63, 3.8) is 0 Å². The summed E-state index contributed by atoms with van der Waals surface area (Å²) in [4.78, 5) is 31.3. The van der Waals surface area contributed by atoms with E-state index in [1.807, 2.05) is 28.9 Å². The molecule has 0 aliphatic carbocycles. The zero-order valence-corrected chi connectivity index (χ0v) is 18.4. The van der Waals surface area contributed by atoms with Crippen molar-refractivity contribution >= 4 is 29.2 Å². The highest BCUT2D eigenvalue weighted by Crippen LogP contribution is 2.27. The van der Waals surface area contributed by atoms with Gasteiger partial charge in [0, 0.05) is 50.1 Å². The molecular weight excluding hydrogens is 398 g/mol. The van der Waals surface area contributed by atoms with Gasteiger partial charge in [0.2, 0.25) is 5.91 Å². The first-order valence-corrected chi connectivity index (χ1v) is 12.0. The summed E-state index contributed by atoms with van der Waals surface area (Å²) in [6.45, 7) is 4.58. The first-order valence-electron chi connectivity index (χ1n) is 11.0. The zero-order valence-electron chi connectivity index (χ0n) is 17.5. The highest BCUT2D eigenvalue weighted by molar-refractivity contribution is 8.00. The van der Waals surface area contributed by atoms with Crippen LogP contribution in [0, 0.1) is 5.92 Å². The van der Waals surface area contributed by atoms with Crippen LogP contribution in [0.15, 0.2) is 30.7 Å². The number of unbranched alkanes of at least 4 members (excludes halogenated alkanes) is 1. The van der Waals surface area contributed by atoms with Crippen molar-refractivity contribution in [3.8, 4) is 0 Å². The number of nitrogens with zero attached hydrogens (tertiary/aromatic N) is 3. The smallest absolute Gasteiger partial charge is 0.252 e. The maximum atomic E-state index is 12.7. The number of amides is 2. The van der Waals surface area contributed by atoms with Gasteiger partial charge in [-0.15, -0.1) is 11.8 Å². The van der Waals surface area contributed by atoms with Gasteiger partial charge in [-0.1, -0.05) is 12.8 Å². The number of aromatic nitrogens is 2. The number of hydrogen-bond donors (Lipinski definition) is 2. The van der Waals surface area contributed by atoms with E-state index in [-0.39, 0.29) is 17.2 Å². The minimum atomic E-state index is -0.0362. The Bertz CT molecular complexity index is 877. The molecule has 0 saturated carbocycles. The molecule has 0 aromatic carbocycles. The number of imidazole rings is 1. The van der Waals surface area contributed by atoms with Crippen molar-refractivity contribution in [2.75, 3.05) is 25.5 Å². The number of fused-ring (bicyclic) bond motifs is 1. The van der Waals surface area contributed by atoms with Crippen LogP contribution in [0.4, 0.5) is 0 Å². The molecular formula is C22H31N5O2S. The minimum absolute atomic E-state index is 0.0362. The molecule has 2 amide bonds. The number of carbonyl (C=O) groups excluding carboxylic acids is 2. The van der Waals surface area contributed by atoms with E-state index in [1.165, 1.54) is 6.42 Å². The Morgan fingerprint density at radius 2 is 2.10 bits per heavy atom. The Hall–Kier alpha value is -2.06. The van der Waals surface area contributed by atoms with Crippen molar-refractivity contribution in [3.05, 3.63) is 36.3 Å². The molecule has 2 N–H and O–H groups in total. The molecule has 2 saturated heterocycles. The largest absolute Gasteiger partial charge is 0.352 e. The SMILES string of the molecule is CC1NCSC1C(=O)N1CCC(CCCCNC(=O)c2ccc3nccn3c2)CC1. The van der Waals surface area contributed by atoms with Gasteiger partial charge in [0.1, 0.15) is 5.65 Å². The van der Waals surface area contributed by atoms with Gasteiger partial charge in [0.05, 0.1) is 10.8 Å². The molecule has 2 unspecified atom stereocenters. The Morgan fingerprint density at radius 3 is 2.87 bits per heavy atom. The van der Waals surface area contributed by atoms with Gasteiger partial charge in [-0.2, -0.15) is 0 Å². The number of carbonyl (C=O) groups is 2. The van der Waals surface area contributed by atoms with Gasteiger partial charge in [-0.3, -0.25) is 9.59 Å². The third-order valence-electron chi connectivity index (χ3n) is 6.27. The van der Waals surface area contributed by atoms with Gasteiger partial charge in [-0.05, 0) is 44.2 Å². The fraction of sp³-hybridized carbons (Fsp3) is 0.591. The lowest BCUT2D eigenvalue weighted by Gasteiger charge is -2.34. The lowest BCUT2D eigenvalue weighted by Crippen LogP contribution is -2.46. The summed E-state index contributed by atoms with van der Waals surface area (Å²) >= 11 is 1.73. The second-order valence-corrected chi connectivity index (χ2v) is 9.49. The topological polar surface area (TPSA) is 78.7 Å². The molecule has 0 bridgehead atoms. The highest BCUT2D eigenvalue weighted by Gasteiger charge is 2.34. The second-order valence-electron chi connectivity index (χ2n) is 8.36. The van der Waals surface area contributed by atoms with E-state index in [2.05, 4.69) is 27.4 Å². The van der Waals surface area contributed by atoms with Crippen molar-refractivity contribution in [2.24, 2.45) is 5.92 Å². The Kier molecular flexibility index (Phi) is 6.94. The average molecular weight is 430 g/mol. The number of rotatable bonds is 7. The van der Waals surface area contributed by atoms with Crippen molar-refractivity contribution in [2.45, 2.75) is 50.3 Å². The second kappa shape index (κ2) is 9.83. The normalized spacial score (nSPS) is 22.5. The molecule has 2 aliphatic heterocycles. The minimum Gasteiger partial charge on any atom is -0.352 e. The Morgan fingerprint density at radius 1 is 1.27 bits per heavy atom. The van der Waals surface area contributed by atoms with Crippen LogP contribution in [0.2, 0.25) is 0 Å². The van der Waals surface area contributed by atoms with Gasteiger partial charge in [0.15, 0.2) is 0 Å². The molecule has 4 heterocycles. The molecule has 4 rings (SSSR count). The van der Waals surface area contributed by atoms with Crippen LogP contribution in [-0.4, -0.2) is 62.9 Å². The van der Waals surface area contributed by atoms with Crippen molar-refractivity contribution < 1.29 is 9.59 Å². The highest BCUT2D eigenvalue weighted by atomic mass is 32.2. The summed E-state index contributed by atoms with van der Waals surface area (Å²) < 4.78 is 1.86. The quantitative estimate of drug-likeness (QED) is 0.662. The van der Waals surface area contributed by atoms with Crippen LogP contribution in [-0.2, 0) is 4.79 Å². The molecule has 2 aliphatic rings. The molecule has 7 nitrogen and oxygen atoms in total. The van der Waals surface area contributed by atoms with Crippen molar-refractivity contribution in [1.29, 1.82) is 0 Å². The van der Waals surface area contributed by atoms with E-state index in [1.54, 1.807) is 18.0 Å². The monoisotopic (exact) mass is 429 g/mol. The van der Waals surface area contributed by atoms with Crippen LogP contribution in [0.3, 0.4) is 0 Å². The van der Waals surface area contributed by atoms with Crippen LogP contribution in [0.5, 0.6) is 0 Å². The maximum absolute atomic E-state index is 12.7. The first kappa shape index (κ1) is 21.2. The Labute approximate surface area is 182 Å². The Balaban J connectivity index is 1.11. The van der Waals surface area contributed by atoms with Crippen LogP contribution in [0.25, 0.3) is 5.65 Å². The van der Waals surface area contributed by atoms with Gasteiger partial charge in [-0.25, -0.2) is 4.98 Å². The summed E-state index contributed by atoms with van der Waals surface area (Å²) in [6, 6.07) is 3.94. The molecule has 162 valence electrons. The average Bonchev–Trinajstić information content (AvgIpc) is 3.41. The molecule has 8 heteroatoms. The van der Waals surface area contributed by atoms with E-state index in [4.69, 9.17) is 0 Å². The molecule has 2 aromatic rings.